The fraction of sp³-hybridized carbons (Fsp3) is 0.114. The van der Waals surface area contributed by atoms with Crippen molar-refractivity contribution in [2.45, 2.75) is 19.1 Å². The van der Waals surface area contributed by atoms with E-state index in [0.717, 1.165) is 17.3 Å². The smallest absolute Gasteiger partial charge is 0.332 e. The first-order valence-corrected chi connectivity index (χ1v) is 20.2. The number of aryl methyl sites for hydroxylation is 1. The first kappa shape index (κ1) is 42.2. The summed E-state index contributed by atoms with van der Waals surface area (Å²) in [4.78, 5) is 45.2. The Morgan fingerprint density at radius 1 is 0.918 bits per heavy atom. The number of imidazole rings is 1. The number of amidine groups is 2. The molecule has 0 saturated carbocycles. The summed E-state index contributed by atoms with van der Waals surface area (Å²) in [5, 5.41) is 24.5. The molecular formula is C44H38Cl2N10O4S. The van der Waals surface area contributed by atoms with Gasteiger partial charge in [0.05, 0.1) is 46.6 Å². The number of aromatic nitrogens is 5. The van der Waals surface area contributed by atoms with Crippen molar-refractivity contribution in [2.24, 2.45) is 0 Å². The van der Waals surface area contributed by atoms with Gasteiger partial charge in [-0.15, -0.1) is 0 Å². The average Bonchev–Trinajstić information content (AvgIpc) is 3.61. The van der Waals surface area contributed by atoms with E-state index in [1.54, 1.807) is 92.0 Å². The molecule has 5 N–H and O–H groups in total. The van der Waals surface area contributed by atoms with Gasteiger partial charge in [-0.05, 0) is 80.1 Å². The van der Waals surface area contributed by atoms with Crippen molar-refractivity contribution in [1.29, 1.82) is 10.8 Å². The molecule has 0 aliphatic rings. The van der Waals surface area contributed by atoms with Crippen LogP contribution in [0.1, 0.15) is 23.9 Å². The number of fused-ring (bicyclic) bond motifs is 1. The van der Waals surface area contributed by atoms with Gasteiger partial charge in [0.15, 0.2) is 22.5 Å². The number of nitrogens with zero attached hydrogens (tertiary/aromatic N) is 5. The molecule has 17 heteroatoms. The van der Waals surface area contributed by atoms with E-state index in [1.165, 1.54) is 23.7 Å². The highest BCUT2D eigenvalue weighted by atomic mass is 35.5. The molecule has 4 aromatic carbocycles. The van der Waals surface area contributed by atoms with Crippen molar-refractivity contribution in [3.8, 4) is 28.6 Å². The number of carbonyl (C=O) groups is 1. The fourth-order valence-electron chi connectivity index (χ4n) is 6.30. The van der Waals surface area contributed by atoms with Gasteiger partial charge in [0, 0.05) is 35.3 Å². The first-order chi connectivity index (χ1) is 29.4. The molecule has 1 atom stereocenters. The van der Waals surface area contributed by atoms with E-state index in [9.17, 15) is 20.4 Å². The Hall–Kier alpha value is -6.94. The zero-order valence-corrected chi connectivity index (χ0v) is 35.5. The number of anilines is 3. The molecule has 0 spiro atoms. The van der Waals surface area contributed by atoms with Crippen molar-refractivity contribution in [3.05, 3.63) is 153 Å². The number of hydrogen-bond donors (Lipinski definition) is 5. The molecule has 14 nitrogen and oxygen atoms in total. The second-order valence-corrected chi connectivity index (χ2v) is 15.6. The van der Waals surface area contributed by atoms with Crippen LogP contribution in [0.4, 0.5) is 17.1 Å². The van der Waals surface area contributed by atoms with Crippen LogP contribution < -0.4 is 30.7 Å². The number of hydrogen-bond acceptors (Lipinski definition) is 11. The molecule has 1 amide bonds. The molecule has 0 aliphatic heterocycles. The summed E-state index contributed by atoms with van der Waals surface area (Å²) in [7, 11) is 3.01. The van der Waals surface area contributed by atoms with Crippen LogP contribution in [0.25, 0.3) is 33.9 Å². The van der Waals surface area contributed by atoms with Crippen molar-refractivity contribution in [1.82, 2.24) is 24.5 Å². The van der Waals surface area contributed by atoms with Crippen molar-refractivity contribution >= 4 is 85.8 Å². The van der Waals surface area contributed by atoms with E-state index in [1.807, 2.05) is 31.2 Å². The second-order valence-electron chi connectivity index (χ2n) is 13.4. The van der Waals surface area contributed by atoms with Gasteiger partial charge in [-0.25, -0.2) is 19.3 Å². The van der Waals surface area contributed by atoms with E-state index in [0.29, 0.717) is 55.3 Å². The van der Waals surface area contributed by atoms with E-state index < -0.39 is 10.9 Å². The lowest BCUT2D eigenvalue weighted by Gasteiger charge is -2.28. The summed E-state index contributed by atoms with van der Waals surface area (Å²) in [6.07, 6.45) is 1.56. The minimum atomic E-state index is -0.717. The molecule has 0 aliphatic carbocycles. The molecule has 308 valence electrons. The average molecular weight is 874 g/mol. The van der Waals surface area contributed by atoms with Gasteiger partial charge in [-0.2, -0.15) is 0 Å². The Balaban J connectivity index is 1.24. The number of amides is 1. The number of rotatable bonds is 12. The summed E-state index contributed by atoms with van der Waals surface area (Å²) in [6.45, 7) is 7.89. The Morgan fingerprint density at radius 2 is 1.70 bits per heavy atom. The third kappa shape index (κ3) is 8.99. The number of pyridine rings is 1. The number of methoxy groups -OCH3 is 2. The third-order valence-electron chi connectivity index (χ3n) is 9.42. The van der Waals surface area contributed by atoms with Gasteiger partial charge in [-0.1, -0.05) is 71.9 Å². The van der Waals surface area contributed by atoms with Crippen LogP contribution in [0.2, 0.25) is 10.0 Å². The molecule has 7 aromatic rings. The molecule has 0 fully saturated rings. The van der Waals surface area contributed by atoms with E-state index in [2.05, 4.69) is 27.2 Å². The van der Waals surface area contributed by atoms with Gasteiger partial charge in [0.1, 0.15) is 28.4 Å². The highest BCUT2D eigenvalue weighted by Gasteiger charge is 2.28. The number of halogens is 2. The zero-order chi connectivity index (χ0) is 43.4. The van der Waals surface area contributed by atoms with Crippen molar-refractivity contribution in [2.75, 3.05) is 29.8 Å². The highest BCUT2D eigenvalue weighted by Crippen LogP contribution is 2.36. The highest BCUT2D eigenvalue weighted by molar-refractivity contribution is 8.15. The number of aromatic amines is 1. The predicted molar refractivity (Wildman–Crippen MR) is 245 cm³/mol. The summed E-state index contributed by atoms with van der Waals surface area (Å²) in [5.74, 6) is 0.647. The summed E-state index contributed by atoms with van der Waals surface area (Å²) < 4.78 is 12.7. The van der Waals surface area contributed by atoms with Crippen molar-refractivity contribution in [3.63, 3.8) is 0 Å². The quantitative estimate of drug-likeness (QED) is 0.0585. The van der Waals surface area contributed by atoms with Gasteiger partial charge in [-0.3, -0.25) is 25.5 Å². The van der Waals surface area contributed by atoms with Gasteiger partial charge >= 0.3 is 5.69 Å². The van der Waals surface area contributed by atoms with Crippen LogP contribution in [0.15, 0.2) is 121 Å². The lowest BCUT2D eigenvalue weighted by molar-refractivity contribution is -0.115. The summed E-state index contributed by atoms with van der Waals surface area (Å²) >= 11 is 13.6. The van der Waals surface area contributed by atoms with Crippen molar-refractivity contribution < 1.29 is 14.3 Å². The number of benzene rings is 4. The lowest BCUT2D eigenvalue weighted by Crippen LogP contribution is -2.37. The van der Waals surface area contributed by atoms with Crippen LogP contribution in [0, 0.1) is 17.7 Å². The monoisotopic (exact) mass is 872 g/mol. The molecule has 0 saturated heterocycles. The Kier molecular flexibility index (Phi) is 12.5. The Morgan fingerprint density at radius 3 is 2.43 bits per heavy atom. The molecule has 61 heavy (non-hydrogen) atoms. The lowest BCUT2D eigenvalue weighted by atomic mass is 10.2. The van der Waals surface area contributed by atoms with Gasteiger partial charge < -0.3 is 25.1 Å². The number of H-pyrrole nitrogens is 1. The molecule has 0 bridgehead atoms. The van der Waals surface area contributed by atoms with Gasteiger partial charge in [0.25, 0.3) is 0 Å². The second kappa shape index (κ2) is 18.1. The molecule has 3 heterocycles. The van der Waals surface area contributed by atoms with Crippen LogP contribution in [-0.2, 0) is 4.79 Å². The third-order valence-corrected chi connectivity index (χ3v) is 11.1. The summed E-state index contributed by atoms with van der Waals surface area (Å²) in [6, 6.07) is 29.6. The zero-order valence-electron chi connectivity index (χ0n) is 33.2. The van der Waals surface area contributed by atoms with Crippen LogP contribution in [0.5, 0.6) is 11.5 Å². The number of thioether (sulfide) groups is 1. The van der Waals surface area contributed by atoms with E-state index >= 15 is 0 Å². The maximum Gasteiger partial charge on any atom is 0.332 e. The Labute approximate surface area is 364 Å². The first-order valence-electron chi connectivity index (χ1n) is 18.6. The van der Waals surface area contributed by atoms with Crippen LogP contribution in [0.3, 0.4) is 0 Å². The molecule has 3 aromatic heterocycles. The minimum Gasteiger partial charge on any atom is -0.497 e. The van der Waals surface area contributed by atoms with E-state index in [-0.39, 0.29) is 45.5 Å². The normalized spacial score (nSPS) is 11.4. The SMILES string of the molecule is C=C(Nc1ccc(N(C(=N)SC(C)C(=O)Nc2ccccc2C)C(=N)c2ccccn2)c(OC)c1)c1nc(-c2ccc(Cl)c(Cl)c2)nc2c1[nH]c(=O)n2-c1cccc(OC)c1. The molecular weight excluding hydrogens is 836 g/mol. The summed E-state index contributed by atoms with van der Waals surface area (Å²) in [5.41, 5.74) is 4.42. The number of carbonyl (C=O) groups excluding carboxylic acids is 1. The fourth-order valence-corrected chi connectivity index (χ4v) is 7.39. The Bertz CT molecular complexity index is 2900. The van der Waals surface area contributed by atoms with Crippen LogP contribution >= 0.6 is 35.0 Å². The maximum absolute atomic E-state index is 13.6. The number of para-hydroxylation sites is 1. The largest absolute Gasteiger partial charge is 0.497 e. The molecule has 1 unspecified atom stereocenters. The van der Waals surface area contributed by atoms with Crippen LogP contribution in [-0.4, -0.2) is 60.9 Å². The standard InChI is InChI=1S/C44H38Cl2N10O4S/c1-24-11-6-7-14-33(24)51-42(57)26(3)61-43(48)56(39(47)34-15-8-9-20-49-34)35-19-17-28(22-36(35)60-5)50-25(2)37-38-41(54-40(52-37)27-16-18-31(45)32(46)21-27)55(44(58)53-38)29-12-10-13-30(23-29)59-4/h6-23,26,47-48,50H,2H2,1,3-5H3,(H,51,57)(H,53,58). The van der Waals surface area contributed by atoms with Gasteiger partial charge in [0.2, 0.25) is 5.91 Å². The molecule has 0 radical (unpaired) electrons. The number of nitrogens with one attached hydrogen (secondary N) is 5. The maximum atomic E-state index is 13.6. The molecule has 7 rings (SSSR count). The predicted octanol–water partition coefficient (Wildman–Crippen LogP) is 9.41. The topological polar surface area (TPSA) is 187 Å². The number of ether oxygens (including phenoxy) is 2. The van der Waals surface area contributed by atoms with E-state index in [4.69, 9.17) is 42.6 Å². The minimum absolute atomic E-state index is 0.115.